The molecule has 2 aromatic rings. The minimum absolute atomic E-state index is 0.0429. The molecule has 3 heterocycles. The van der Waals surface area contributed by atoms with Gasteiger partial charge in [-0.15, -0.1) is 0 Å². The van der Waals surface area contributed by atoms with Crippen LogP contribution in [0.1, 0.15) is 66.0 Å². The summed E-state index contributed by atoms with van der Waals surface area (Å²) in [5, 5.41) is 12.1. The second kappa shape index (κ2) is 11.8. The zero-order chi connectivity index (χ0) is 29.2. The third kappa shape index (κ3) is 6.72. The lowest BCUT2D eigenvalue weighted by Gasteiger charge is -2.36. The van der Waals surface area contributed by atoms with Gasteiger partial charge in [0.1, 0.15) is 6.10 Å². The second-order valence-corrected chi connectivity index (χ2v) is 10.7. The predicted octanol–water partition coefficient (Wildman–Crippen LogP) is 4.47. The molecule has 0 saturated carbocycles. The van der Waals surface area contributed by atoms with Crippen molar-refractivity contribution in [3.8, 4) is 0 Å². The summed E-state index contributed by atoms with van der Waals surface area (Å²) < 4.78 is 44.2. The number of rotatable bonds is 7. The molecule has 4 rings (SSSR count). The minimum atomic E-state index is -4.39. The number of benzene rings is 1. The summed E-state index contributed by atoms with van der Waals surface area (Å²) in [5.74, 6) is -0.926. The number of likely N-dealkylation sites (tertiary alicyclic amines) is 1. The molecular weight excluding hydrogens is 529 g/mol. The maximum absolute atomic E-state index is 13.0. The van der Waals surface area contributed by atoms with E-state index in [0.29, 0.717) is 25.1 Å². The number of hydrogen-bond acceptors (Lipinski definition) is 6. The molecule has 1 fully saturated rings. The lowest BCUT2D eigenvalue weighted by atomic mass is 9.93. The Morgan fingerprint density at radius 3 is 2.50 bits per heavy atom. The van der Waals surface area contributed by atoms with Gasteiger partial charge in [-0.2, -0.15) is 13.2 Å². The zero-order valence-electron chi connectivity index (χ0n) is 22.6. The smallest absolute Gasteiger partial charge is 0.416 e. The van der Waals surface area contributed by atoms with Crippen molar-refractivity contribution in [3.05, 3.63) is 64.5 Å². The summed E-state index contributed by atoms with van der Waals surface area (Å²) in [5.41, 5.74) is 2.15. The Labute approximate surface area is 230 Å². The average Bonchev–Trinajstić information content (AvgIpc) is 3.24. The van der Waals surface area contributed by atoms with Gasteiger partial charge in [-0.05, 0) is 41.7 Å². The lowest BCUT2D eigenvalue weighted by Crippen LogP contribution is -2.50. The van der Waals surface area contributed by atoms with Gasteiger partial charge in [0.2, 0.25) is 0 Å². The zero-order valence-corrected chi connectivity index (χ0v) is 22.6. The fourth-order valence-corrected chi connectivity index (χ4v) is 5.50. The molecule has 9 nitrogen and oxygen atoms in total. The molecule has 216 valence electrons. The van der Waals surface area contributed by atoms with Gasteiger partial charge in [0.25, 0.3) is 5.91 Å². The number of ether oxygens (including phenoxy) is 1. The second-order valence-electron chi connectivity index (χ2n) is 10.7. The van der Waals surface area contributed by atoms with E-state index in [1.54, 1.807) is 6.07 Å². The van der Waals surface area contributed by atoms with E-state index in [4.69, 9.17) is 4.74 Å². The number of pyridine rings is 1. The number of nitrogens with one attached hydrogen (secondary N) is 1. The summed E-state index contributed by atoms with van der Waals surface area (Å²) in [6.07, 6.45) is -4.19. The third-order valence-electron chi connectivity index (χ3n) is 7.42. The van der Waals surface area contributed by atoms with Gasteiger partial charge in [-0.1, -0.05) is 26.0 Å². The van der Waals surface area contributed by atoms with E-state index >= 15 is 0 Å². The molecular formula is C28H33F3N4O5. The van der Waals surface area contributed by atoms with Crippen molar-refractivity contribution in [1.82, 2.24) is 20.1 Å². The number of carbonyl (C=O) groups excluding carboxylic acids is 2. The fraction of sp³-hybridized carbons (Fsp3) is 0.500. The van der Waals surface area contributed by atoms with Crippen LogP contribution in [0, 0.1) is 11.8 Å². The number of halogens is 3. The quantitative estimate of drug-likeness (QED) is 0.479. The summed E-state index contributed by atoms with van der Waals surface area (Å²) >= 11 is 0. The predicted molar refractivity (Wildman–Crippen MR) is 138 cm³/mol. The van der Waals surface area contributed by atoms with Gasteiger partial charge < -0.3 is 20.1 Å². The Morgan fingerprint density at radius 1 is 1.20 bits per heavy atom. The molecule has 2 amide bonds. The highest BCUT2D eigenvalue weighted by Crippen LogP contribution is 2.39. The molecule has 0 aliphatic carbocycles. The van der Waals surface area contributed by atoms with E-state index in [-0.39, 0.29) is 43.4 Å². The number of fused-ring (bicyclic) bond motifs is 1. The van der Waals surface area contributed by atoms with Crippen molar-refractivity contribution in [2.75, 3.05) is 19.6 Å². The molecule has 0 radical (unpaired) electrons. The Morgan fingerprint density at radius 2 is 1.90 bits per heavy atom. The number of piperidine rings is 1. The van der Waals surface area contributed by atoms with E-state index in [9.17, 15) is 32.7 Å². The molecule has 3 atom stereocenters. The SMILES string of the molecule is CC(=O)O[C@@H]1CN(C(=O)O)CC[C@H]1CNC(=O)c1cnc2c(c1)CN(Cc1ccc(C(F)(F)F)cc1)[C@H]2C(C)C. The highest BCUT2D eigenvalue weighted by Gasteiger charge is 2.36. The van der Waals surface area contributed by atoms with Crippen LogP contribution in [0.2, 0.25) is 0 Å². The van der Waals surface area contributed by atoms with Crippen LogP contribution in [0.4, 0.5) is 18.0 Å². The molecule has 1 saturated heterocycles. The van der Waals surface area contributed by atoms with E-state index in [0.717, 1.165) is 29.0 Å². The first-order valence-electron chi connectivity index (χ1n) is 13.2. The Balaban J connectivity index is 1.43. The van der Waals surface area contributed by atoms with Gasteiger partial charge in [0, 0.05) is 45.2 Å². The summed E-state index contributed by atoms with van der Waals surface area (Å²) in [4.78, 5) is 43.8. The molecule has 2 aliphatic rings. The van der Waals surface area contributed by atoms with Crippen LogP contribution in [0.3, 0.4) is 0 Å². The van der Waals surface area contributed by atoms with E-state index in [1.807, 2.05) is 0 Å². The fourth-order valence-electron chi connectivity index (χ4n) is 5.50. The number of carboxylic acid groups (broad SMARTS) is 1. The summed E-state index contributed by atoms with van der Waals surface area (Å²) in [7, 11) is 0. The average molecular weight is 563 g/mol. The third-order valence-corrected chi connectivity index (χ3v) is 7.42. The molecule has 2 N–H and O–H groups in total. The first kappa shape index (κ1) is 29.3. The number of aromatic nitrogens is 1. The van der Waals surface area contributed by atoms with Crippen LogP contribution in [0.15, 0.2) is 36.5 Å². The molecule has 2 aliphatic heterocycles. The van der Waals surface area contributed by atoms with Crippen molar-refractivity contribution in [3.63, 3.8) is 0 Å². The normalized spacial score (nSPS) is 21.3. The van der Waals surface area contributed by atoms with Crippen LogP contribution in [-0.2, 0) is 28.8 Å². The number of hydrogen-bond donors (Lipinski definition) is 2. The molecule has 0 unspecified atom stereocenters. The molecule has 0 spiro atoms. The number of esters is 1. The van der Waals surface area contributed by atoms with Crippen molar-refractivity contribution in [2.24, 2.45) is 11.8 Å². The molecule has 0 bridgehead atoms. The van der Waals surface area contributed by atoms with Crippen molar-refractivity contribution in [2.45, 2.75) is 58.6 Å². The minimum Gasteiger partial charge on any atom is -0.465 e. The maximum atomic E-state index is 13.0. The maximum Gasteiger partial charge on any atom is 0.416 e. The first-order valence-corrected chi connectivity index (χ1v) is 13.2. The highest BCUT2D eigenvalue weighted by atomic mass is 19.4. The van der Waals surface area contributed by atoms with Crippen LogP contribution < -0.4 is 5.32 Å². The monoisotopic (exact) mass is 562 g/mol. The number of carbonyl (C=O) groups is 3. The number of amides is 2. The summed E-state index contributed by atoms with van der Waals surface area (Å²) in [6.45, 7) is 6.82. The molecule has 1 aromatic carbocycles. The van der Waals surface area contributed by atoms with Gasteiger partial charge >= 0.3 is 18.2 Å². The van der Waals surface area contributed by atoms with Gasteiger partial charge in [0.15, 0.2) is 0 Å². The van der Waals surface area contributed by atoms with Gasteiger partial charge in [0.05, 0.1) is 29.4 Å². The molecule has 12 heteroatoms. The lowest BCUT2D eigenvalue weighted by molar-refractivity contribution is -0.151. The van der Waals surface area contributed by atoms with Crippen LogP contribution in [0.5, 0.6) is 0 Å². The number of alkyl halides is 3. The first-order chi connectivity index (χ1) is 18.8. The van der Waals surface area contributed by atoms with Gasteiger partial charge in [-0.25, -0.2) is 4.79 Å². The highest BCUT2D eigenvalue weighted by molar-refractivity contribution is 5.94. The van der Waals surface area contributed by atoms with Crippen LogP contribution in [-0.4, -0.2) is 63.6 Å². The Kier molecular flexibility index (Phi) is 8.67. The van der Waals surface area contributed by atoms with E-state index in [2.05, 4.69) is 29.0 Å². The van der Waals surface area contributed by atoms with E-state index in [1.165, 1.54) is 30.2 Å². The van der Waals surface area contributed by atoms with Crippen LogP contribution >= 0.6 is 0 Å². The van der Waals surface area contributed by atoms with E-state index < -0.39 is 29.9 Å². The topological polar surface area (TPSA) is 112 Å². The van der Waals surface area contributed by atoms with Crippen molar-refractivity contribution in [1.29, 1.82) is 0 Å². The largest absolute Gasteiger partial charge is 0.465 e. The van der Waals surface area contributed by atoms with Crippen molar-refractivity contribution >= 4 is 18.0 Å². The standard InChI is InChI=1S/C28H33F3N4O5/c1-16(2)25-24-21(14-35(25)13-18-4-6-22(7-5-18)28(29,30)31)10-20(12-32-24)26(37)33-11-19-8-9-34(27(38)39)15-23(19)40-17(3)36/h4-7,10,12,16,19,23,25H,8-9,11,13-15H2,1-3H3,(H,33,37)(H,38,39)/t19-,23+,25-/m0/s1. The summed E-state index contributed by atoms with van der Waals surface area (Å²) in [6, 6.07) is 6.87. The Hall–Kier alpha value is -3.67. The van der Waals surface area contributed by atoms with Crippen LogP contribution in [0.25, 0.3) is 0 Å². The molecule has 1 aromatic heterocycles. The van der Waals surface area contributed by atoms with Gasteiger partial charge in [-0.3, -0.25) is 19.5 Å². The molecule has 40 heavy (non-hydrogen) atoms. The number of nitrogens with zero attached hydrogens (tertiary/aromatic N) is 3. The Bertz CT molecular complexity index is 1250. The van der Waals surface area contributed by atoms with Crippen molar-refractivity contribution < 1.29 is 37.4 Å².